The molecule has 0 N–H and O–H groups in total. The first-order chi connectivity index (χ1) is 19.9. The number of ether oxygens (including phenoxy) is 3. The predicted octanol–water partition coefficient (Wildman–Crippen LogP) is 5.94. The van der Waals surface area contributed by atoms with Crippen LogP contribution in [0.1, 0.15) is 81.6 Å². The molecule has 1 aliphatic heterocycles. The highest BCUT2D eigenvalue weighted by atomic mass is 16.7. The summed E-state index contributed by atoms with van der Waals surface area (Å²) < 4.78 is 39.2. The van der Waals surface area contributed by atoms with Crippen molar-refractivity contribution < 1.29 is 27.9 Å². The van der Waals surface area contributed by atoms with Gasteiger partial charge in [0.05, 0.1) is 0 Å². The summed E-state index contributed by atoms with van der Waals surface area (Å²) >= 11 is 0. The Morgan fingerprint density at radius 3 is 0.929 bits per heavy atom. The second-order valence-electron chi connectivity index (χ2n) is 12.7. The van der Waals surface area contributed by atoms with Crippen molar-refractivity contribution in [2.75, 3.05) is 0 Å². The third kappa shape index (κ3) is 7.94. The smallest absolute Gasteiger partial charge is 0.470 e. The molecule has 0 unspecified atom stereocenters. The van der Waals surface area contributed by atoms with Gasteiger partial charge in [0.15, 0.2) is 0 Å². The first-order valence-corrected chi connectivity index (χ1v) is 15.2. The monoisotopic (exact) mass is 570 g/mol. The minimum Gasteiger partial charge on any atom is -0.488 e. The fourth-order valence-corrected chi connectivity index (χ4v) is 4.29. The van der Waals surface area contributed by atoms with E-state index in [-0.39, 0.29) is 16.8 Å². The van der Waals surface area contributed by atoms with Gasteiger partial charge in [-0.15, -0.1) is 0 Å². The van der Waals surface area contributed by atoms with Crippen LogP contribution in [0.15, 0.2) is 72.8 Å². The molecule has 42 heavy (non-hydrogen) atoms. The molecular formula is C33H45B3O6. The van der Waals surface area contributed by atoms with Crippen molar-refractivity contribution in [3.8, 4) is 17.2 Å². The molecular weight excluding hydrogens is 525 g/mol. The van der Waals surface area contributed by atoms with E-state index in [4.69, 9.17) is 27.9 Å². The van der Waals surface area contributed by atoms with Gasteiger partial charge in [0, 0.05) is 16.4 Å². The fraction of sp³-hybridized carbons (Fsp3) is 0.455. The average molecular weight is 570 g/mol. The molecule has 0 bridgehead atoms. The molecule has 0 spiro atoms. The number of benzene rings is 3. The van der Waals surface area contributed by atoms with Crippen LogP contribution in [0.4, 0.5) is 0 Å². The van der Waals surface area contributed by atoms with E-state index in [9.17, 15) is 0 Å². The van der Waals surface area contributed by atoms with Gasteiger partial charge in [0.25, 0.3) is 0 Å². The summed E-state index contributed by atoms with van der Waals surface area (Å²) in [7, 11) is -2.34. The Labute approximate surface area is 253 Å². The Morgan fingerprint density at radius 1 is 0.452 bits per heavy atom. The molecule has 9 heteroatoms. The molecule has 1 fully saturated rings. The number of hydrogen-bond acceptors (Lipinski definition) is 6. The zero-order chi connectivity index (χ0) is 30.5. The van der Waals surface area contributed by atoms with E-state index in [0.717, 1.165) is 35.7 Å². The lowest BCUT2D eigenvalue weighted by molar-refractivity contribution is 0.106. The molecule has 0 aromatic heterocycles. The molecule has 4 rings (SSSR count). The zero-order valence-corrected chi connectivity index (χ0v) is 26.7. The Kier molecular flexibility index (Phi) is 10.1. The Morgan fingerprint density at radius 2 is 0.690 bits per heavy atom. The maximum absolute atomic E-state index is 6.60. The van der Waals surface area contributed by atoms with E-state index < -0.39 is 21.4 Å². The highest BCUT2D eigenvalue weighted by Crippen LogP contribution is 2.26. The van der Waals surface area contributed by atoms with Crippen LogP contribution >= 0.6 is 0 Å². The summed E-state index contributed by atoms with van der Waals surface area (Å²) in [5.74, 6) is 2.13. The summed E-state index contributed by atoms with van der Waals surface area (Å²) in [5, 5.41) is 0. The van der Waals surface area contributed by atoms with Crippen LogP contribution in [-0.4, -0.2) is 38.2 Å². The minimum absolute atomic E-state index is 0.363. The third-order valence-corrected chi connectivity index (χ3v) is 7.97. The highest BCUT2D eigenvalue weighted by molar-refractivity contribution is 6.88. The maximum Gasteiger partial charge on any atom is 0.470 e. The molecule has 1 heterocycles. The number of para-hydroxylation sites is 3. The third-order valence-electron chi connectivity index (χ3n) is 7.97. The van der Waals surface area contributed by atoms with E-state index in [1.165, 1.54) is 0 Å². The quantitative estimate of drug-likeness (QED) is 0.252. The summed E-state index contributed by atoms with van der Waals surface area (Å²) in [4.78, 5) is 0. The Bertz CT molecular complexity index is 1160. The van der Waals surface area contributed by atoms with Gasteiger partial charge in [-0.25, -0.2) is 0 Å². The molecule has 0 atom stereocenters. The lowest BCUT2D eigenvalue weighted by atomic mass is 9.61. The molecule has 6 nitrogen and oxygen atoms in total. The van der Waals surface area contributed by atoms with E-state index in [1.54, 1.807) is 0 Å². The summed E-state index contributed by atoms with van der Waals surface area (Å²) in [6, 6.07) is 23.6. The van der Waals surface area contributed by atoms with Crippen LogP contribution in [0, 0.1) is 0 Å². The molecule has 1 aliphatic rings. The van der Waals surface area contributed by atoms with E-state index >= 15 is 0 Å². The van der Waals surface area contributed by atoms with Crippen LogP contribution < -0.4 is 30.6 Å². The Balaban J connectivity index is 1.79. The lowest BCUT2D eigenvalue weighted by Crippen LogP contribution is -2.62. The van der Waals surface area contributed by atoms with Gasteiger partial charge in [-0.05, 0) is 79.0 Å². The van der Waals surface area contributed by atoms with Gasteiger partial charge >= 0.3 is 21.4 Å². The van der Waals surface area contributed by atoms with Crippen LogP contribution in [0.2, 0.25) is 0 Å². The van der Waals surface area contributed by atoms with Gasteiger partial charge in [0.1, 0.15) is 34.1 Å². The van der Waals surface area contributed by atoms with Crippen molar-refractivity contribution >= 4 is 37.7 Å². The molecule has 0 amide bonds. The fourth-order valence-electron chi connectivity index (χ4n) is 4.29. The summed E-state index contributed by atoms with van der Waals surface area (Å²) in [6.07, 6.45) is 2.54. The largest absolute Gasteiger partial charge is 0.488 e. The SMILES string of the molecule is CCC(C)(C)Oc1ccccc1B1OB(c2ccccc2OC(C)(C)CC)OB(c2ccccc2OC(C)(C)CC)O1. The van der Waals surface area contributed by atoms with Crippen molar-refractivity contribution in [1.82, 2.24) is 0 Å². The van der Waals surface area contributed by atoms with Crippen LogP contribution in [0.5, 0.6) is 17.2 Å². The van der Waals surface area contributed by atoms with E-state index in [2.05, 4.69) is 62.3 Å². The summed E-state index contributed by atoms with van der Waals surface area (Å²) in [6.45, 7) is 18.8. The van der Waals surface area contributed by atoms with Crippen LogP contribution in [-0.2, 0) is 13.7 Å². The van der Waals surface area contributed by atoms with Crippen LogP contribution in [0.3, 0.4) is 0 Å². The average Bonchev–Trinajstić information content (AvgIpc) is 2.97. The zero-order valence-electron chi connectivity index (χ0n) is 26.7. The van der Waals surface area contributed by atoms with Gasteiger partial charge in [0.2, 0.25) is 0 Å². The molecule has 222 valence electrons. The van der Waals surface area contributed by atoms with Crippen molar-refractivity contribution in [2.45, 2.75) is 98.4 Å². The first-order valence-electron chi connectivity index (χ1n) is 15.2. The van der Waals surface area contributed by atoms with Gasteiger partial charge in [-0.3, -0.25) is 0 Å². The molecule has 1 saturated heterocycles. The second-order valence-corrected chi connectivity index (χ2v) is 12.7. The van der Waals surface area contributed by atoms with E-state index in [0.29, 0.717) is 17.2 Å². The second kappa shape index (κ2) is 13.2. The van der Waals surface area contributed by atoms with Crippen molar-refractivity contribution in [2.24, 2.45) is 0 Å². The van der Waals surface area contributed by atoms with Crippen molar-refractivity contribution in [3.63, 3.8) is 0 Å². The van der Waals surface area contributed by atoms with E-state index in [1.807, 2.05) is 72.8 Å². The molecule has 0 radical (unpaired) electrons. The Hall–Kier alpha value is -2.87. The molecule has 0 saturated carbocycles. The number of hydrogen-bond donors (Lipinski definition) is 0. The molecule has 0 aliphatic carbocycles. The van der Waals surface area contributed by atoms with Gasteiger partial charge < -0.3 is 27.9 Å². The standard InChI is InChI=1S/C33H45B3O6/c1-10-31(4,5)37-28-22-16-13-19-25(28)34-40-35(26-20-14-17-23-29(26)38-32(6,7)11-2)42-36(41-34)27-21-15-18-24-30(27)39-33(8,9)12-3/h13-24H,10-12H2,1-9H3. The molecule has 3 aromatic carbocycles. The van der Waals surface area contributed by atoms with Gasteiger partial charge in [-0.1, -0.05) is 75.4 Å². The topological polar surface area (TPSA) is 55.4 Å². The van der Waals surface area contributed by atoms with Gasteiger partial charge in [-0.2, -0.15) is 0 Å². The number of rotatable bonds is 12. The first kappa shape index (κ1) is 32.1. The lowest BCUT2D eigenvalue weighted by Gasteiger charge is -2.35. The minimum atomic E-state index is -0.780. The predicted molar refractivity (Wildman–Crippen MR) is 174 cm³/mol. The van der Waals surface area contributed by atoms with Crippen molar-refractivity contribution in [1.29, 1.82) is 0 Å². The van der Waals surface area contributed by atoms with Crippen LogP contribution in [0.25, 0.3) is 0 Å². The van der Waals surface area contributed by atoms with Crippen molar-refractivity contribution in [3.05, 3.63) is 72.8 Å². The normalized spacial score (nSPS) is 14.6. The highest BCUT2D eigenvalue weighted by Gasteiger charge is 2.47. The maximum atomic E-state index is 6.60. The molecule has 3 aromatic rings. The summed E-state index contributed by atoms with van der Waals surface area (Å²) in [5.41, 5.74) is 1.28.